The molecule has 3 fully saturated rings. The van der Waals surface area contributed by atoms with Gasteiger partial charge in [-0.15, -0.1) is 21.5 Å². The molecule has 0 spiro atoms. The second kappa shape index (κ2) is 17.0. The number of benzene rings is 3. The minimum atomic E-state index is -0.830. The van der Waals surface area contributed by atoms with Gasteiger partial charge in [-0.2, -0.15) is 5.10 Å². The van der Waals surface area contributed by atoms with Crippen molar-refractivity contribution < 1.29 is 19.8 Å². The lowest BCUT2D eigenvalue weighted by molar-refractivity contribution is -0.145. The van der Waals surface area contributed by atoms with Crippen LogP contribution >= 0.6 is 11.3 Å². The second-order valence-electron chi connectivity index (χ2n) is 15.7. The van der Waals surface area contributed by atoms with E-state index in [-0.39, 0.29) is 42.5 Å². The molecule has 2 aliphatic heterocycles. The number of carbonyl (C=O) groups excluding carboxylic acids is 2. The molecule has 1 saturated carbocycles. The number of nitrogens with zero attached hydrogens (tertiary/aromatic N) is 8. The van der Waals surface area contributed by atoms with Crippen LogP contribution in [0, 0.1) is 12.8 Å². The van der Waals surface area contributed by atoms with Gasteiger partial charge < -0.3 is 36.0 Å². The lowest BCUT2D eigenvalue weighted by Crippen LogP contribution is -2.55. The molecule has 5 aromatic rings. The lowest BCUT2D eigenvalue weighted by Gasteiger charge is -2.41. The number of likely N-dealkylation sites (tertiary alicyclic amines) is 1. The summed E-state index contributed by atoms with van der Waals surface area (Å²) in [5, 5.41) is 39.8. The van der Waals surface area contributed by atoms with E-state index in [2.05, 4.69) is 48.2 Å². The van der Waals surface area contributed by atoms with Crippen LogP contribution < -0.4 is 16.0 Å². The van der Waals surface area contributed by atoms with Gasteiger partial charge in [-0.25, -0.2) is 4.98 Å². The Balaban J connectivity index is 0.917. The summed E-state index contributed by atoms with van der Waals surface area (Å²) in [6, 6.07) is 21.3. The molecule has 8 rings (SSSR count). The molecule has 2 unspecified atom stereocenters. The molecule has 3 aromatic carbocycles. The van der Waals surface area contributed by atoms with Gasteiger partial charge in [0.1, 0.15) is 23.7 Å². The fourth-order valence-electron chi connectivity index (χ4n) is 8.35. The molecule has 4 atom stereocenters. The van der Waals surface area contributed by atoms with E-state index in [0.29, 0.717) is 43.3 Å². The molecule has 1 aliphatic carbocycles. The predicted octanol–water partition coefficient (Wildman–Crippen LogP) is 5.24. The van der Waals surface area contributed by atoms with Gasteiger partial charge in [0, 0.05) is 62.5 Å². The summed E-state index contributed by atoms with van der Waals surface area (Å²) < 4.78 is 0. The summed E-state index contributed by atoms with van der Waals surface area (Å²) >= 11 is 1.59. The van der Waals surface area contributed by atoms with Crippen molar-refractivity contribution >= 4 is 46.5 Å². The Labute approximate surface area is 347 Å². The summed E-state index contributed by atoms with van der Waals surface area (Å²) in [6.45, 7) is 10.5. The standard InChI is InChI=1S/C44H50N10O4S/c1-27(29-11-13-31(14-12-29)42-28(2)47-26-59-42)48-43(57)38-23-34(55)24-53(38)44(58)41(30-7-6-8-30)54(46-3)25-40(45)52-19-17-51(18-20-52)33-16-15-32-21-37(50-49-36(32)22-33)35-9-4-5-10-39(35)56/h4-5,9-16,21-22,25-27,30,34,38,41,55-56H,3,6-8,17-20,23-24,45H2,1-2H3,(H,48,57)/b40-25+/t27-,34+,38?,41?/m0/s1. The zero-order valence-electron chi connectivity index (χ0n) is 33.3. The van der Waals surface area contributed by atoms with Crippen molar-refractivity contribution in [3.8, 4) is 27.4 Å². The third-order valence-corrected chi connectivity index (χ3v) is 12.9. The third kappa shape index (κ3) is 8.30. The smallest absolute Gasteiger partial charge is 0.248 e. The number of nitrogens with two attached hydrogens (primary N) is 1. The Morgan fingerprint density at radius 3 is 2.49 bits per heavy atom. The third-order valence-electron chi connectivity index (χ3n) is 12.0. The first-order chi connectivity index (χ1) is 28.6. The summed E-state index contributed by atoms with van der Waals surface area (Å²) in [6.07, 6.45) is 3.68. The van der Waals surface area contributed by atoms with Gasteiger partial charge in [0.15, 0.2) is 0 Å². The lowest BCUT2D eigenvalue weighted by atomic mass is 9.79. The number of fused-ring (bicyclic) bond motifs is 1. The number of phenolic OH excluding ortho intramolecular Hbond substituents is 1. The number of phenols is 1. The maximum Gasteiger partial charge on any atom is 0.248 e. The SMILES string of the molecule is C=NN(/C=C(\N)N1CCN(c2ccc3cc(-c4ccccc4O)nnc3c2)CC1)C(C(=O)N1C[C@H](O)CC1C(=O)N[C@@H](C)c1ccc(-c2scnc2C)cc1)C1CCC1. The molecule has 5 N–H and O–H groups in total. The molecular formula is C44H50N10O4S. The number of piperazine rings is 1. The highest BCUT2D eigenvalue weighted by Gasteiger charge is 2.46. The van der Waals surface area contributed by atoms with E-state index in [4.69, 9.17) is 5.73 Å². The van der Waals surface area contributed by atoms with Crippen LogP contribution in [0.4, 0.5) is 5.69 Å². The average Bonchev–Trinajstić information content (AvgIpc) is 3.86. The normalized spacial score (nSPS) is 19.6. The number of hydrazone groups is 1. The molecule has 2 aromatic heterocycles. The largest absolute Gasteiger partial charge is 0.507 e. The van der Waals surface area contributed by atoms with E-state index in [1.807, 2.05) is 74.0 Å². The number of aliphatic hydroxyl groups is 1. The molecule has 59 heavy (non-hydrogen) atoms. The molecule has 4 heterocycles. The Hall–Kier alpha value is -6.06. The van der Waals surface area contributed by atoms with Gasteiger partial charge in [-0.3, -0.25) is 14.6 Å². The van der Waals surface area contributed by atoms with E-state index >= 15 is 0 Å². The van der Waals surface area contributed by atoms with E-state index < -0.39 is 18.2 Å². The number of nitrogens with one attached hydrogen (secondary N) is 1. The van der Waals surface area contributed by atoms with Gasteiger partial charge in [-0.05, 0) is 74.1 Å². The first kappa shape index (κ1) is 39.8. The number of aryl methyl sites for hydroxylation is 1. The topological polar surface area (TPSA) is 177 Å². The van der Waals surface area contributed by atoms with Crippen LogP contribution in [0.5, 0.6) is 5.75 Å². The number of hydrogen-bond acceptors (Lipinski definition) is 13. The highest BCUT2D eigenvalue weighted by molar-refractivity contribution is 7.13. The van der Waals surface area contributed by atoms with Crippen molar-refractivity contribution in [2.24, 2.45) is 16.8 Å². The molecule has 3 aliphatic rings. The van der Waals surface area contributed by atoms with E-state index in [0.717, 1.165) is 57.6 Å². The zero-order valence-corrected chi connectivity index (χ0v) is 34.1. The Morgan fingerprint density at radius 2 is 1.81 bits per heavy atom. The van der Waals surface area contributed by atoms with Crippen molar-refractivity contribution in [2.75, 3.05) is 37.6 Å². The van der Waals surface area contributed by atoms with Gasteiger partial charge in [-0.1, -0.05) is 48.9 Å². The van der Waals surface area contributed by atoms with Gasteiger partial charge in [0.05, 0.1) is 45.6 Å². The summed E-state index contributed by atoms with van der Waals surface area (Å²) in [5.41, 5.74) is 14.6. The Morgan fingerprint density at radius 1 is 1.05 bits per heavy atom. The number of hydrogen-bond donors (Lipinski definition) is 4. The summed E-state index contributed by atoms with van der Waals surface area (Å²) in [7, 11) is 0. The van der Waals surface area contributed by atoms with Crippen LogP contribution in [-0.2, 0) is 9.59 Å². The number of β-amino-alcohol motifs (C(OH)–C–C–N with tert-alkyl or cyclic N) is 1. The van der Waals surface area contributed by atoms with Crippen LogP contribution in [0.25, 0.3) is 32.6 Å². The zero-order chi connectivity index (χ0) is 41.2. The van der Waals surface area contributed by atoms with E-state index in [1.54, 1.807) is 34.7 Å². The molecular weight excluding hydrogens is 765 g/mol. The van der Waals surface area contributed by atoms with Crippen molar-refractivity contribution in [3.05, 3.63) is 102 Å². The number of aliphatic hydroxyl groups excluding tert-OH is 1. The number of carbonyl (C=O) groups is 2. The number of aromatic nitrogens is 3. The first-order valence-corrected chi connectivity index (χ1v) is 21.0. The highest BCUT2D eigenvalue weighted by atomic mass is 32.1. The Kier molecular flexibility index (Phi) is 11.5. The van der Waals surface area contributed by atoms with Crippen LogP contribution in [0.15, 0.2) is 95.4 Å². The highest BCUT2D eigenvalue weighted by Crippen LogP contribution is 2.36. The Bertz CT molecular complexity index is 2360. The molecule has 0 bridgehead atoms. The second-order valence-corrected chi connectivity index (χ2v) is 16.5. The number of rotatable bonds is 12. The van der Waals surface area contributed by atoms with Crippen LogP contribution in [-0.4, -0.2) is 110 Å². The summed E-state index contributed by atoms with van der Waals surface area (Å²) in [5.74, 6) is 0.0557. The quantitative estimate of drug-likeness (QED) is 0.0958. The number of amides is 2. The van der Waals surface area contributed by atoms with Gasteiger partial charge >= 0.3 is 0 Å². The predicted molar refractivity (Wildman–Crippen MR) is 230 cm³/mol. The van der Waals surface area contributed by atoms with Crippen molar-refractivity contribution in [2.45, 2.75) is 63.8 Å². The summed E-state index contributed by atoms with van der Waals surface area (Å²) in [4.78, 5) is 39.7. The molecule has 14 nitrogen and oxygen atoms in total. The van der Waals surface area contributed by atoms with Crippen LogP contribution in [0.1, 0.15) is 49.9 Å². The molecule has 15 heteroatoms. The van der Waals surface area contributed by atoms with Crippen LogP contribution in [0.3, 0.4) is 0 Å². The van der Waals surface area contributed by atoms with Crippen LogP contribution in [0.2, 0.25) is 0 Å². The molecule has 2 saturated heterocycles. The minimum Gasteiger partial charge on any atom is -0.507 e. The van der Waals surface area contributed by atoms with E-state index in [1.165, 1.54) is 4.90 Å². The number of anilines is 1. The minimum absolute atomic E-state index is 0.000404. The van der Waals surface area contributed by atoms with E-state index in [9.17, 15) is 19.8 Å². The van der Waals surface area contributed by atoms with Crippen molar-refractivity contribution in [3.63, 3.8) is 0 Å². The maximum absolute atomic E-state index is 14.5. The first-order valence-electron chi connectivity index (χ1n) is 20.1. The number of para-hydroxylation sites is 1. The maximum atomic E-state index is 14.5. The molecule has 2 amide bonds. The average molecular weight is 815 g/mol. The number of thiazole rings is 1. The van der Waals surface area contributed by atoms with Crippen molar-refractivity contribution in [1.29, 1.82) is 0 Å². The molecule has 306 valence electrons. The van der Waals surface area contributed by atoms with Gasteiger partial charge in [0.2, 0.25) is 11.8 Å². The fraction of sp³-hybridized carbons (Fsp3) is 0.364. The van der Waals surface area contributed by atoms with Crippen molar-refractivity contribution in [1.82, 2.24) is 35.3 Å². The monoisotopic (exact) mass is 814 g/mol. The van der Waals surface area contributed by atoms with Gasteiger partial charge in [0.25, 0.3) is 0 Å². The fourth-order valence-corrected chi connectivity index (χ4v) is 9.16. The number of aromatic hydroxyl groups is 1. The molecule has 0 radical (unpaired) electrons.